The molecule has 194 valence electrons. The monoisotopic (exact) mass is 540 g/mol. The van der Waals surface area contributed by atoms with E-state index in [2.05, 4.69) is 20.2 Å². The van der Waals surface area contributed by atoms with Gasteiger partial charge in [-0.2, -0.15) is 13.2 Å². The van der Waals surface area contributed by atoms with Gasteiger partial charge in [0, 0.05) is 43.8 Å². The van der Waals surface area contributed by atoms with E-state index in [0.29, 0.717) is 47.8 Å². The number of nitrogens with zero attached hydrogens (tertiary/aromatic N) is 5. The van der Waals surface area contributed by atoms with Crippen LogP contribution in [0.4, 0.5) is 23.2 Å². The molecule has 1 atom stereocenters. The lowest BCUT2D eigenvalue weighted by Crippen LogP contribution is -2.20. The molecular weight excluding hydrogens is 520 g/mol. The number of imidazole rings is 1. The van der Waals surface area contributed by atoms with E-state index in [-0.39, 0.29) is 11.3 Å². The van der Waals surface area contributed by atoms with Crippen molar-refractivity contribution in [3.63, 3.8) is 0 Å². The highest BCUT2D eigenvalue weighted by Crippen LogP contribution is 2.34. The van der Waals surface area contributed by atoms with Crippen LogP contribution in [0.1, 0.15) is 28.0 Å². The summed E-state index contributed by atoms with van der Waals surface area (Å²) in [5.41, 5.74) is 2.18. The number of benzene rings is 1. The normalized spacial score (nSPS) is 16.5. The van der Waals surface area contributed by atoms with Crippen LogP contribution < -0.4 is 5.32 Å². The van der Waals surface area contributed by atoms with Crippen molar-refractivity contribution in [1.29, 1.82) is 0 Å². The van der Waals surface area contributed by atoms with Crippen LogP contribution in [0.5, 0.6) is 0 Å². The van der Waals surface area contributed by atoms with Gasteiger partial charge in [-0.3, -0.25) is 9.69 Å². The van der Waals surface area contributed by atoms with Gasteiger partial charge in [0.05, 0.1) is 11.3 Å². The number of halogens is 4. The first-order chi connectivity index (χ1) is 18.2. The molecule has 38 heavy (non-hydrogen) atoms. The van der Waals surface area contributed by atoms with Crippen molar-refractivity contribution < 1.29 is 22.4 Å². The fourth-order valence-electron chi connectivity index (χ4n) is 4.49. The molecule has 0 spiro atoms. The molecule has 0 saturated carbocycles. The van der Waals surface area contributed by atoms with Crippen LogP contribution in [0.15, 0.2) is 61.1 Å². The molecule has 1 fully saturated rings. The van der Waals surface area contributed by atoms with Crippen LogP contribution in [0.2, 0.25) is 0 Å². The summed E-state index contributed by atoms with van der Waals surface area (Å²) >= 11 is 1.37. The van der Waals surface area contributed by atoms with E-state index >= 15 is 0 Å². The lowest BCUT2D eigenvalue weighted by molar-refractivity contribution is -0.137. The number of aromatic nitrogens is 4. The smallest absolute Gasteiger partial charge is 0.320 e. The molecule has 7 nitrogen and oxygen atoms in total. The third-order valence-electron chi connectivity index (χ3n) is 6.34. The van der Waals surface area contributed by atoms with E-state index in [4.69, 9.17) is 4.98 Å². The topological polar surface area (TPSA) is 75.4 Å². The molecule has 5 aromatic rings. The van der Waals surface area contributed by atoms with Crippen LogP contribution in [0.25, 0.3) is 26.6 Å². The quantitative estimate of drug-likeness (QED) is 0.285. The number of hydrogen-bond donors (Lipinski definition) is 1. The Morgan fingerprint density at radius 1 is 1.13 bits per heavy atom. The molecule has 1 saturated heterocycles. The highest BCUT2D eigenvalue weighted by molar-refractivity contribution is 7.21. The van der Waals surface area contributed by atoms with Gasteiger partial charge in [-0.15, -0.1) is 0 Å². The molecule has 1 amide bonds. The van der Waals surface area contributed by atoms with Crippen molar-refractivity contribution >= 4 is 38.9 Å². The number of anilines is 1. The minimum absolute atomic E-state index is 0.0211. The number of pyridine rings is 2. The summed E-state index contributed by atoms with van der Waals surface area (Å²) in [5.74, 6) is -0.562. The van der Waals surface area contributed by atoms with Crippen LogP contribution in [0.3, 0.4) is 0 Å². The molecule has 6 rings (SSSR count). The second kappa shape index (κ2) is 9.44. The highest BCUT2D eigenvalue weighted by Gasteiger charge is 2.31. The summed E-state index contributed by atoms with van der Waals surface area (Å²) < 4.78 is 53.8. The van der Waals surface area contributed by atoms with Crippen LogP contribution in [0, 0.1) is 0 Å². The molecule has 4 aromatic heterocycles. The molecule has 1 aromatic carbocycles. The highest BCUT2D eigenvalue weighted by atomic mass is 32.1. The standard InChI is InChI=1S/C26H20F4N6OS/c27-17-7-8-35(13-17)11-15-9-20-25(31-10-15)38-24(34-20)18-3-1-2-4-19(18)33-23(37)21-14-36-12-16(26(28,29)30)5-6-22(36)32-21/h1-6,9-10,12,14,17H,7-8,11,13H2,(H,33,37)/t17-/m1/s1. The van der Waals surface area contributed by atoms with E-state index in [1.54, 1.807) is 18.3 Å². The third-order valence-corrected chi connectivity index (χ3v) is 7.35. The van der Waals surface area contributed by atoms with E-state index in [1.807, 2.05) is 18.2 Å². The number of alkyl halides is 4. The molecule has 1 aliphatic heterocycles. The number of para-hydroxylation sites is 1. The molecule has 1 N–H and O–H groups in total. The van der Waals surface area contributed by atoms with Crippen molar-refractivity contribution in [1.82, 2.24) is 24.3 Å². The molecule has 0 unspecified atom stereocenters. The zero-order chi connectivity index (χ0) is 26.4. The average molecular weight is 541 g/mol. The number of fused-ring (bicyclic) bond motifs is 2. The molecule has 12 heteroatoms. The molecule has 0 bridgehead atoms. The van der Waals surface area contributed by atoms with E-state index in [0.717, 1.165) is 22.7 Å². The Morgan fingerprint density at radius 3 is 2.76 bits per heavy atom. The van der Waals surface area contributed by atoms with Gasteiger partial charge in [-0.05, 0) is 42.3 Å². The second-order valence-electron chi connectivity index (χ2n) is 9.11. The minimum Gasteiger partial charge on any atom is -0.320 e. The van der Waals surface area contributed by atoms with Crippen molar-refractivity contribution in [2.45, 2.75) is 25.3 Å². The van der Waals surface area contributed by atoms with E-state index < -0.39 is 23.8 Å². The first kappa shape index (κ1) is 24.4. The Kier molecular flexibility index (Phi) is 6.07. The first-order valence-electron chi connectivity index (χ1n) is 11.8. The molecule has 5 heterocycles. The second-order valence-corrected chi connectivity index (χ2v) is 10.1. The number of amides is 1. The van der Waals surface area contributed by atoms with Gasteiger partial charge in [0.15, 0.2) is 0 Å². The van der Waals surface area contributed by atoms with Gasteiger partial charge in [0.25, 0.3) is 5.91 Å². The van der Waals surface area contributed by atoms with Gasteiger partial charge < -0.3 is 9.72 Å². The van der Waals surface area contributed by atoms with E-state index in [9.17, 15) is 22.4 Å². The van der Waals surface area contributed by atoms with Crippen molar-refractivity contribution in [2.24, 2.45) is 0 Å². The Hall–Kier alpha value is -3.90. The van der Waals surface area contributed by atoms with Crippen molar-refractivity contribution in [2.75, 3.05) is 18.4 Å². The molecule has 0 radical (unpaired) electrons. The Bertz CT molecular complexity index is 1660. The predicted molar refractivity (Wildman–Crippen MR) is 136 cm³/mol. The van der Waals surface area contributed by atoms with Crippen LogP contribution in [-0.2, 0) is 12.7 Å². The zero-order valence-corrected chi connectivity index (χ0v) is 20.6. The number of likely N-dealkylation sites (tertiary alicyclic amines) is 1. The summed E-state index contributed by atoms with van der Waals surface area (Å²) in [7, 11) is 0. The number of carbonyl (C=O) groups excluding carboxylic acids is 1. The lowest BCUT2D eigenvalue weighted by Gasteiger charge is -2.13. The lowest BCUT2D eigenvalue weighted by atomic mass is 10.2. The third kappa shape index (κ3) is 4.84. The fraction of sp³-hybridized carbons (Fsp3) is 0.231. The van der Waals surface area contributed by atoms with Gasteiger partial charge in [0.2, 0.25) is 0 Å². The number of hydrogen-bond acceptors (Lipinski definition) is 6. The van der Waals surface area contributed by atoms with Crippen LogP contribution in [-0.4, -0.2) is 49.4 Å². The number of thiazole rings is 1. The molecule has 1 aliphatic rings. The maximum atomic E-state index is 13.5. The first-order valence-corrected chi connectivity index (χ1v) is 12.6. The van der Waals surface area contributed by atoms with E-state index in [1.165, 1.54) is 28.0 Å². The summed E-state index contributed by atoms with van der Waals surface area (Å²) in [6.45, 7) is 1.74. The Balaban J connectivity index is 1.25. The maximum Gasteiger partial charge on any atom is 0.417 e. The summed E-state index contributed by atoms with van der Waals surface area (Å²) in [5, 5.41) is 3.45. The Morgan fingerprint density at radius 2 is 1.97 bits per heavy atom. The Labute approximate surface area is 217 Å². The van der Waals surface area contributed by atoms with Gasteiger partial charge >= 0.3 is 6.18 Å². The number of rotatable bonds is 5. The summed E-state index contributed by atoms with van der Waals surface area (Å²) in [4.78, 5) is 29.2. The van der Waals surface area contributed by atoms with Gasteiger partial charge in [0.1, 0.15) is 32.9 Å². The maximum absolute atomic E-state index is 13.5. The SMILES string of the molecule is O=C(Nc1ccccc1-c1nc2cc(CN3CC[C@@H](F)C3)cnc2s1)c1cn2cc(C(F)(F)F)ccc2n1. The zero-order valence-electron chi connectivity index (χ0n) is 19.7. The fourth-order valence-corrected chi connectivity index (χ4v) is 5.42. The molecule has 0 aliphatic carbocycles. The molecular formula is C26H20F4N6OS. The summed E-state index contributed by atoms with van der Waals surface area (Å²) in [6, 6.07) is 11.2. The van der Waals surface area contributed by atoms with Crippen LogP contribution >= 0.6 is 11.3 Å². The van der Waals surface area contributed by atoms with Crippen molar-refractivity contribution in [3.05, 3.63) is 77.9 Å². The minimum atomic E-state index is -4.50. The predicted octanol–water partition coefficient (Wildman–Crippen LogP) is 5.82. The van der Waals surface area contributed by atoms with Crippen molar-refractivity contribution in [3.8, 4) is 10.6 Å². The average Bonchev–Trinajstić information content (AvgIpc) is 3.61. The van der Waals surface area contributed by atoms with Gasteiger partial charge in [-0.1, -0.05) is 23.5 Å². The van der Waals surface area contributed by atoms with Gasteiger partial charge in [-0.25, -0.2) is 19.3 Å². The largest absolute Gasteiger partial charge is 0.417 e. The summed E-state index contributed by atoms with van der Waals surface area (Å²) in [6.07, 6.45) is -0.813. The number of carbonyl (C=O) groups is 1. The number of nitrogens with one attached hydrogen (secondary N) is 1.